The van der Waals surface area contributed by atoms with Gasteiger partial charge in [0.05, 0.1) is 6.61 Å². The summed E-state index contributed by atoms with van der Waals surface area (Å²) >= 11 is 0. The fraction of sp³-hybridized carbons (Fsp3) is 0.667. The third-order valence-electron chi connectivity index (χ3n) is 3.91. The highest BCUT2D eigenvalue weighted by Gasteiger charge is 2.39. The molecule has 0 aromatic heterocycles. The second-order valence-electron chi connectivity index (χ2n) is 5.89. The molecule has 0 aliphatic carbocycles. The number of aryl methyl sites for hydroxylation is 1. The molecular formula is C18H30O6Si. The number of phenolic OH excluding ortho intramolecular Hbond substituents is 1. The Morgan fingerprint density at radius 1 is 1.12 bits per heavy atom. The number of epoxide rings is 1. The molecule has 0 bridgehead atoms. The van der Waals surface area contributed by atoms with Crippen LogP contribution in [0.25, 0.3) is 0 Å². The largest absolute Gasteiger partial charge is 0.508 e. The summed E-state index contributed by atoms with van der Waals surface area (Å²) in [5.41, 5.74) is 0.863. The highest BCUT2D eigenvalue weighted by atomic mass is 28.4. The second-order valence-corrected chi connectivity index (χ2v) is 8.62. The Hall–Kier alpha value is -1.12. The molecule has 1 N–H and O–H groups in total. The van der Waals surface area contributed by atoms with Crippen molar-refractivity contribution < 1.29 is 27.9 Å². The lowest BCUT2D eigenvalue weighted by Gasteiger charge is -2.28. The van der Waals surface area contributed by atoms with Gasteiger partial charge in [-0.1, -0.05) is 0 Å². The Kier molecular flexibility index (Phi) is 8.18. The summed E-state index contributed by atoms with van der Waals surface area (Å²) in [5.74, 6) is 1.04. The molecule has 142 valence electrons. The average Bonchev–Trinajstić information content (AvgIpc) is 3.40. The van der Waals surface area contributed by atoms with Crippen molar-refractivity contribution >= 4 is 8.80 Å². The molecule has 0 amide bonds. The first-order valence-corrected chi connectivity index (χ1v) is 11.0. The van der Waals surface area contributed by atoms with Crippen LogP contribution in [0.1, 0.15) is 32.8 Å². The molecule has 1 aromatic carbocycles. The van der Waals surface area contributed by atoms with Gasteiger partial charge in [0.25, 0.3) is 0 Å². The van der Waals surface area contributed by atoms with Gasteiger partial charge in [0, 0.05) is 25.9 Å². The molecule has 7 heteroatoms. The number of benzene rings is 1. The van der Waals surface area contributed by atoms with Gasteiger partial charge in [0.15, 0.2) is 0 Å². The topological polar surface area (TPSA) is 69.7 Å². The lowest BCUT2D eigenvalue weighted by atomic mass is 10.1. The summed E-state index contributed by atoms with van der Waals surface area (Å²) in [6.45, 7) is 8.91. The van der Waals surface area contributed by atoms with E-state index >= 15 is 0 Å². The number of phenols is 1. The number of hydrogen-bond acceptors (Lipinski definition) is 6. The zero-order valence-corrected chi connectivity index (χ0v) is 16.5. The predicted molar refractivity (Wildman–Crippen MR) is 97.1 cm³/mol. The predicted octanol–water partition coefficient (Wildman–Crippen LogP) is 3.15. The fourth-order valence-electron chi connectivity index (χ4n) is 2.70. The van der Waals surface area contributed by atoms with Gasteiger partial charge in [0.1, 0.15) is 24.2 Å². The highest BCUT2D eigenvalue weighted by molar-refractivity contribution is 6.60. The molecule has 1 aliphatic heterocycles. The molecule has 0 radical (unpaired) electrons. The number of hydrogen-bond donors (Lipinski definition) is 1. The molecule has 1 saturated heterocycles. The van der Waals surface area contributed by atoms with Crippen LogP contribution in [0.3, 0.4) is 0 Å². The van der Waals surface area contributed by atoms with Crippen molar-refractivity contribution in [3.05, 3.63) is 23.8 Å². The van der Waals surface area contributed by atoms with Gasteiger partial charge in [-0.2, -0.15) is 0 Å². The molecule has 1 unspecified atom stereocenters. The maximum Gasteiger partial charge on any atom is 0.500 e. The Labute approximate surface area is 151 Å². The lowest BCUT2D eigenvalue weighted by Crippen LogP contribution is -2.46. The van der Waals surface area contributed by atoms with Gasteiger partial charge in [-0.3, -0.25) is 0 Å². The van der Waals surface area contributed by atoms with Gasteiger partial charge >= 0.3 is 8.80 Å². The quantitative estimate of drug-likeness (QED) is 0.425. The van der Waals surface area contributed by atoms with E-state index in [9.17, 15) is 5.11 Å². The van der Waals surface area contributed by atoms with Gasteiger partial charge in [-0.15, -0.1) is 0 Å². The van der Waals surface area contributed by atoms with Crippen molar-refractivity contribution in [2.24, 2.45) is 0 Å². The van der Waals surface area contributed by atoms with Crippen LogP contribution in [0.5, 0.6) is 11.5 Å². The van der Waals surface area contributed by atoms with Crippen LogP contribution in [-0.2, 0) is 24.4 Å². The summed E-state index contributed by atoms with van der Waals surface area (Å²) in [4.78, 5) is 0. The first-order valence-electron chi connectivity index (χ1n) is 9.10. The van der Waals surface area contributed by atoms with Crippen LogP contribution in [0.4, 0.5) is 0 Å². The van der Waals surface area contributed by atoms with E-state index in [1.807, 2.05) is 26.8 Å². The van der Waals surface area contributed by atoms with Crippen molar-refractivity contribution in [1.82, 2.24) is 0 Å². The summed E-state index contributed by atoms with van der Waals surface area (Å²) in [7, 11) is -2.63. The van der Waals surface area contributed by atoms with Crippen LogP contribution in [0.15, 0.2) is 18.2 Å². The SMILES string of the molecule is CCO[Si](CCCc1cc(OCC2CO2)ccc1O)(OCC)OCC. The first kappa shape index (κ1) is 20.2. The number of ether oxygens (including phenoxy) is 2. The first-order chi connectivity index (χ1) is 12.1. The summed E-state index contributed by atoms with van der Waals surface area (Å²) in [5, 5.41) is 10.1. The van der Waals surface area contributed by atoms with Gasteiger partial charge in [0.2, 0.25) is 0 Å². The van der Waals surface area contributed by atoms with Gasteiger partial charge in [-0.05, 0) is 57.4 Å². The number of aromatic hydroxyl groups is 1. The third-order valence-corrected chi connectivity index (χ3v) is 7.06. The highest BCUT2D eigenvalue weighted by Crippen LogP contribution is 2.27. The average molecular weight is 371 g/mol. The summed E-state index contributed by atoms with van der Waals surface area (Å²) in [6, 6.07) is 6.07. The Bertz CT molecular complexity index is 503. The smallest absolute Gasteiger partial charge is 0.500 e. The zero-order chi connectivity index (χ0) is 18.1. The Balaban J connectivity index is 1.92. The van der Waals surface area contributed by atoms with Crippen LogP contribution in [-0.4, -0.2) is 53.0 Å². The van der Waals surface area contributed by atoms with Crippen molar-refractivity contribution in [2.75, 3.05) is 33.0 Å². The molecule has 0 saturated carbocycles. The molecule has 1 fully saturated rings. The van der Waals surface area contributed by atoms with Crippen molar-refractivity contribution in [1.29, 1.82) is 0 Å². The van der Waals surface area contributed by atoms with E-state index in [1.165, 1.54) is 0 Å². The maximum absolute atomic E-state index is 10.1. The van der Waals surface area contributed by atoms with Crippen LogP contribution in [0, 0.1) is 0 Å². The summed E-state index contributed by atoms with van der Waals surface area (Å²) in [6.07, 6.45) is 1.74. The molecule has 1 aliphatic rings. The van der Waals surface area contributed by atoms with Crippen LogP contribution in [0.2, 0.25) is 6.04 Å². The minimum Gasteiger partial charge on any atom is -0.508 e. The molecule has 1 atom stereocenters. The number of rotatable bonds is 13. The normalized spacial score (nSPS) is 16.8. The fourth-order valence-corrected chi connectivity index (χ4v) is 5.31. The molecular weight excluding hydrogens is 340 g/mol. The minimum absolute atomic E-state index is 0.215. The van der Waals surface area contributed by atoms with E-state index in [1.54, 1.807) is 12.1 Å². The van der Waals surface area contributed by atoms with Crippen molar-refractivity contribution in [2.45, 2.75) is 45.8 Å². The zero-order valence-electron chi connectivity index (χ0n) is 15.5. The van der Waals surface area contributed by atoms with Crippen molar-refractivity contribution in [3.63, 3.8) is 0 Å². The van der Waals surface area contributed by atoms with Gasteiger partial charge < -0.3 is 27.9 Å². The second kappa shape index (κ2) is 10.1. The molecule has 1 heterocycles. The summed E-state index contributed by atoms with van der Waals surface area (Å²) < 4.78 is 28.4. The van der Waals surface area contributed by atoms with E-state index < -0.39 is 8.80 Å². The maximum atomic E-state index is 10.1. The van der Waals surface area contributed by atoms with Crippen LogP contribution >= 0.6 is 0 Å². The van der Waals surface area contributed by atoms with Crippen molar-refractivity contribution in [3.8, 4) is 11.5 Å². The minimum atomic E-state index is -2.63. The molecule has 0 spiro atoms. The molecule has 1 aromatic rings. The van der Waals surface area contributed by atoms with E-state index in [-0.39, 0.29) is 11.9 Å². The molecule has 2 rings (SSSR count). The standard InChI is InChI=1S/C18H30O6Si/c1-4-22-25(23-5-2,24-6-3)11-7-8-15-12-16(9-10-18(15)19)20-13-17-14-21-17/h9-10,12,17,19H,4-8,11,13-14H2,1-3H3. The van der Waals surface area contributed by atoms with E-state index in [0.29, 0.717) is 32.8 Å². The lowest BCUT2D eigenvalue weighted by molar-refractivity contribution is 0.0708. The van der Waals surface area contributed by atoms with E-state index in [0.717, 1.165) is 30.4 Å². The molecule has 6 nitrogen and oxygen atoms in total. The van der Waals surface area contributed by atoms with Gasteiger partial charge in [-0.25, -0.2) is 0 Å². The Morgan fingerprint density at radius 2 is 1.76 bits per heavy atom. The molecule has 25 heavy (non-hydrogen) atoms. The van der Waals surface area contributed by atoms with E-state index in [2.05, 4.69) is 0 Å². The van der Waals surface area contributed by atoms with Crippen LogP contribution < -0.4 is 4.74 Å². The third kappa shape index (κ3) is 6.60. The monoisotopic (exact) mass is 370 g/mol. The van der Waals surface area contributed by atoms with E-state index in [4.69, 9.17) is 22.8 Å². The Morgan fingerprint density at radius 3 is 2.32 bits per heavy atom.